The topological polar surface area (TPSA) is 8.17 Å². The van der Waals surface area contributed by atoms with Crippen LogP contribution in [0, 0.1) is 0 Å². The standard InChI is InChI=1S/C53H46N2/c1-53(47-30-17-33-50-52(47)46-27-12-14-32-49(46)55(50)41-24-9-4-10-25-41)36-34-42(35-37-53)54(40-22-7-3-8-23-40)48-31-13-11-26-44(48)45-29-16-21-39-20-15-28-43(51(39)45)38-18-5-2-6-19-38/h3-4,7-17,20-36,38H,2,5-6,18-19,37H2,1H3. The second kappa shape index (κ2) is 13.9. The third-order valence-electron chi connectivity index (χ3n) is 12.4. The molecule has 10 rings (SSSR count). The number of anilines is 2. The maximum absolute atomic E-state index is 2.48. The van der Waals surface area contributed by atoms with Gasteiger partial charge >= 0.3 is 0 Å². The predicted molar refractivity (Wildman–Crippen MR) is 234 cm³/mol. The first-order chi connectivity index (χ1) is 27.2. The van der Waals surface area contributed by atoms with Crippen LogP contribution in [-0.2, 0) is 5.41 Å². The number of hydrogen-bond donors (Lipinski definition) is 0. The van der Waals surface area contributed by atoms with E-state index in [-0.39, 0.29) is 5.41 Å². The molecule has 0 amide bonds. The molecule has 1 unspecified atom stereocenters. The van der Waals surface area contributed by atoms with Gasteiger partial charge in [0.2, 0.25) is 0 Å². The molecule has 0 saturated heterocycles. The zero-order chi connectivity index (χ0) is 36.8. The van der Waals surface area contributed by atoms with Gasteiger partial charge in [0.1, 0.15) is 0 Å². The summed E-state index contributed by atoms with van der Waals surface area (Å²) < 4.78 is 2.42. The lowest BCUT2D eigenvalue weighted by atomic mass is 9.75. The monoisotopic (exact) mass is 710 g/mol. The van der Waals surface area contributed by atoms with Gasteiger partial charge in [0, 0.05) is 38.8 Å². The minimum Gasteiger partial charge on any atom is -0.310 e. The minimum atomic E-state index is -0.193. The molecule has 1 atom stereocenters. The molecule has 268 valence electrons. The SMILES string of the molecule is CC1(c2cccc3c2c2ccccc2n3-c2ccccc2)C=CC(N(c2ccccc2)c2ccccc2-c2cccc3cccc(C4CCCCC4)c23)=CC1. The molecular weight excluding hydrogens is 665 g/mol. The molecule has 2 aliphatic rings. The highest BCUT2D eigenvalue weighted by atomic mass is 15.1. The summed E-state index contributed by atoms with van der Waals surface area (Å²) in [6.07, 6.45) is 14.8. The largest absolute Gasteiger partial charge is 0.310 e. The Morgan fingerprint density at radius 2 is 1.25 bits per heavy atom. The van der Waals surface area contributed by atoms with Crippen LogP contribution in [0.15, 0.2) is 188 Å². The normalized spacial score (nSPS) is 17.5. The van der Waals surface area contributed by atoms with Gasteiger partial charge in [-0.25, -0.2) is 0 Å². The summed E-state index contributed by atoms with van der Waals surface area (Å²) in [5.74, 6) is 0.615. The van der Waals surface area contributed by atoms with Gasteiger partial charge in [-0.2, -0.15) is 0 Å². The zero-order valence-corrected chi connectivity index (χ0v) is 31.5. The van der Waals surface area contributed by atoms with Gasteiger partial charge in [0.25, 0.3) is 0 Å². The van der Waals surface area contributed by atoms with Crippen LogP contribution in [-0.4, -0.2) is 4.57 Å². The Labute approximate surface area is 324 Å². The number of hydrogen-bond acceptors (Lipinski definition) is 1. The summed E-state index contributed by atoms with van der Waals surface area (Å²) in [5, 5.41) is 5.38. The summed E-state index contributed by atoms with van der Waals surface area (Å²) in [6, 6.07) is 60.4. The Balaban J connectivity index is 1.10. The van der Waals surface area contributed by atoms with Crippen molar-refractivity contribution in [3.05, 3.63) is 199 Å². The lowest BCUT2D eigenvalue weighted by Crippen LogP contribution is -2.25. The van der Waals surface area contributed by atoms with Crippen molar-refractivity contribution in [1.82, 2.24) is 4.57 Å². The second-order valence-electron chi connectivity index (χ2n) is 15.7. The van der Waals surface area contributed by atoms with Crippen molar-refractivity contribution in [2.75, 3.05) is 4.90 Å². The minimum absolute atomic E-state index is 0.193. The van der Waals surface area contributed by atoms with E-state index in [1.165, 1.54) is 104 Å². The Kier molecular flexibility index (Phi) is 8.48. The van der Waals surface area contributed by atoms with Crippen molar-refractivity contribution >= 4 is 44.0 Å². The molecule has 1 fully saturated rings. The molecule has 2 heteroatoms. The Bertz CT molecular complexity index is 2720. The van der Waals surface area contributed by atoms with Crippen molar-refractivity contribution in [2.45, 2.75) is 56.8 Å². The number of benzene rings is 7. The zero-order valence-electron chi connectivity index (χ0n) is 31.5. The molecule has 0 aliphatic heterocycles. The molecule has 1 heterocycles. The molecule has 7 aromatic carbocycles. The number of rotatable bonds is 7. The number of fused-ring (bicyclic) bond motifs is 4. The van der Waals surface area contributed by atoms with Gasteiger partial charge in [-0.15, -0.1) is 0 Å². The highest BCUT2D eigenvalue weighted by Gasteiger charge is 2.31. The number of para-hydroxylation sites is 4. The summed E-state index contributed by atoms with van der Waals surface area (Å²) in [4.78, 5) is 2.48. The fourth-order valence-corrected chi connectivity index (χ4v) is 9.69. The van der Waals surface area contributed by atoms with E-state index in [0.717, 1.165) is 12.1 Å². The van der Waals surface area contributed by atoms with Crippen molar-refractivity contribution in [1.29, 1.82) is 0 Å². The molecule has 2 aliphatic carbocycles. The van der Waals surface area contributed by atoms with Crippen LogP contribution in [0.25, 0.3) is 49.4 Å². The summed E-state index contributed by atoms with van der Waals surface area (Å²) in [6.45, 7) is 2.41. The number of aromatic nitrogens is 1. The van der Waals surface area contributed by atoms with Crippen LogP contribution in [0.2, 0.25) is 0 Å². The van der Waals surface area contributed by atoms with E-state index >= 15 is 0 Å². The summed E-state index contributed by atoms with van der Waals surface area (Å²) in [5.41, 5.74) is 12.5. The van der Waals surface area contributed by atoms with Gasteiger partial charge < -0.3 is 9.47 Å². The van der Waals surface area contributed by atoms with Crippen LogP contribution >= 0.6 is 0 Å². The van der Waals surface area contributed by atoms with Crippen LogP contribution in [0.1, 0.15) is 62.5 Å². The third-order valence-corrected chi connectivity index (χ3v) is 12.4. The molecule has 2 nitrogen and oxygen atoms in total. The average Bonchev–Trinajstić information content (AvgIpc) is 3.60. The smallest absolute Gasteiger partial charge is 0.0544 e. The van der Waals surface area contributed by atoms with E-state index in [1.54, 1.807) is 0 Å². The maximum atomic E-state index is 2.48. The molecule has 1 aromatic heterocycles. The van der Waals surface area contributed by atoms with Gasteiger partial charge in [-0.3, -0.25) is 0 Å². The van der Waals surface area contributed by atoms with E-state index in [1.807, 2.05) is 0 Å². The van der Waals surface area contributed by atoms with Crippen LogP contribution < -0.4 is 4.90 Å². The Hall–Kier alpha value is -6.12. The molecule has 0 spiro atoms. The summed E-state index contributed by atoms with van der Waals surface area (Å²) in [7, 11) is 0. The molecule has 0 bridgehead atoms. The van der Waals surface area contributed by atoms with Crippen molar-refractivity contribution < 1.29 is 0 Å². The van der Waals surface area contributed by atoms with Crippen molar-refractivity contribution in [3.8, 4) is 16.8 Å². The second-order valence-corrected chi connectivity index (χ2v) is 15.7. The highest BCUT2D eigenvalue weighted by molar-refractivity contribution is 6.11. The fourth-order valence-electron chi connectivity index (χ4n) is 9.69. The van der Waals surface area contributed by atoms with E-state index in [9.17, 15) is 0 Å². The van der Waals surface area contributed by atoms with E-state index < -0.39 is 0 Å². The van der Waals surface area contributed by atoms with Gasteiger partial charge in [0.15, 0.2) is 0 Å². The van der Waals surface area contributed by atoms with Crippen LogP contribution in [0.3, 0.4) is 0 Å². The number of nitrogens with zero attached hydrogens (tertiary/aromatic N) is 2. The molecule has 1 saturated carbocycles. The highest BCUT2D eigenvalue weighted by Crippen LogP contribution is 2.47. The molecule has 55 heavy (non-hydrogen) atoms. The van der Waals surface area contributed by atoms with E-state index in [2.05, 4.69) is 198 Å². The van der Waals surface area contributed by atoms with Crippen molar-refractivity contribution in [3.63, 3.8) is 0 Å². The first-order valence-electron chi connectivity index (χ1n) is 20.1. The van der Waals surface area contributed by atoms with Crippen molar-refractivity contribution in [2.24, 2.45) is 0 Å². The average molecular weight is 711 g/mol. The fraction of sp³-hybridized carbons (Fsp3) is 0.170. The lowest BCUT2D eigenvalue weighted by molar-refractivity contribution is 0.445. The first kappa shape index (κ1) is 33.4. The molecule has 8 aromatic rings. The van der Waals surface area contributed by atoms with E-state index in [4.69, 9.17) is 0 Å². The third kappa shape index (κ3) is 5.79. The Morgan fingerprint density at radius 1 is 0.582 bits per heavy atom. The van der Waals surface area contributed by atoms with Crippen LogP contribution in [0.5, 0.6) is 0 Å². The summed E-state index contributed by atoms with van der Waals surface area (Å²) >= 11 is 0. The number of allylic oxidation sites excluding steroid dienone is 3. The van der Waals surface area contributed by atoms with Crippen LogP contribution in [0.4, 0.5) is 11.4 Å². The molecule has 0 N–H and O–H groups in total. The van der Waals surface area contributed by atoms with Gasteiger partial charge in [0.05, 0.1) is 16.7 Å². The lowest BCUT2D eigenvalue weighted by Gasteiger charge is -2.34. The quantitative estimate of drug-likeness (QED) is 0.160. The van der Waals surface area contributed by atoms with Gasteiger partial charge in [-0.1, -0.05) is 160 Å². The maximum Gasteiger partial charge on any atom is 0.0544 e. The molecular formula is C53H46N2. The first-order valence-corrected chi connectivity index (χ1v) is 20.1. The Morgan fingerprint density at radius 3 is 2.05 bits per heavy atom. The van der Waals surface area contributed by atoms with E-state index in [0.29, 0.717) is 5.92 Å². The molecule has 0 radical (unpaired) electrons. The van der Waals surface area contributed by atoms with Gasteiger partial charge in [-0.05, 0) is 101 Å². The predicted octanol–water partition coefficient (Wildman–Crippen LogP) is 14.6.